The van der Waals surface area contributed by atoms with E-state index in [1.54, 1.807) is 23.7 Å². The van der Waals surface area contributed by atoms with Gasteiger partial charge in [0.1, 0.15) is 0 Å². The molecule has 0 amide bonds. The molecule has 2 rings (SSSR count). The van der Waals surface area contributed by atoms with Crippen molar-refractivity contribution in [2.45, 2.75) is 39.8 Å². The van der Waals surface area contributed by atoms with Crippen LogP contribution in [0.5, 0.6) is 0 Å². The van der Waals surface area contributed by atoms with E-state index in [1.807, 2.05) is 30.9 Å². The zero-order valence-corrected chi connectivity index (χ0v) is 15.5. The summed E-state index contributed by atoms with van der Waals surface area (Å²) in [4.78, 5) is 15.9. The van der Waals surface area contributed by atoms with Crippen LogP contribution in [0.25, 0.3) is 0 Å². The van der Waals surface area contributed by atoms with Crippen molar-refractivity contribution in [2.75, 3.05) is 13.6 Å². The number of nitrogens with one attached hydrogen (secondary N) is 2. The minimum atomic E-state index is 0.0511. The predicted molar refractivity (Wildman–Crippen MR) is 101 cm³/mol. The van der Waals surface area contributed by atoms with Gasteiger partial charge in [-0.15, -0.1) is 0 Å². The average molecular weight is 344 g/mol. The zero-order chi connectivity index (χ0) is 18.2. The number of nitrogens with zero attached hydrogens (tertiary/aromatic N) is 4. The maximum absolute atomic E-state index is 11.6. The molecule has 0 radical (unpaired) electrons. The number of rotatable bonds is 7. The first-order chi connectivity index (χ1) is 12.0. The Morgan fingerprint density at radius 1 is 1.24 bits per heavy atom. The summed E-state index contributed by atoms with van der Waals surface area (Å²) in [6, 6.07) is 5.24. The van der Waals surface area contributed by atoms with Gasteiger partial charge in [-0.3, -0.25) is 14.5 Å². The van der Waals surface area contributed by atoms with Crippen LogP contribution in [0.15, 0.2) is 34.2 Å². The van der Waals surface area contributed by atoms with E-state index in [2.05, 4.69) is 27.6 Å². The third-order valence-electron chi connectivity index (χ3n) is 4.33. The maximum Gasteiger partial charge on any atom is 0.250 e. The van der Waals surface area contributed by atoms with Crippen LogP contribution in [0.1, 0.15) is 29.8 Å². The molecule has 2 heterocycles. The van der Waals surface area contributed by atoms with Crippen molar-refractivity contribution in [1.82, 2.24) is 25.0 Å². The van der Waals surface area contributed by atoms with Crippen molar-refractivity contribution in [1.29, 1.82) is 0 Å². The monoisotopic (exact) mass is 344 g/mol. The van der Waals surface area contributed by atoms with Crippen LogP contribution in [0.3, 0.4) is 0 Å². The summed E-state index contributed by atoms with van der Waals surface area (Å²) in [5, 5.41) is 11.1. The molecule has 2 aromatic rings. The average Bonchev–Trinajstić information content (AvgIpc) is 2.84. The first-order valence-corrected chi connectivity index (χ1v) is 8.62. The highest BCUT2D eigenvalue weighted by atomic mass is 16.1. The fourth-order valence-electron chi connectivity index (χ4n) is 2.73. The first kappa shape index (κ1) is 18.8. The van der Waals surface area contributed by atoms with Gasteiger partial charge in [0.15, 0.2) is 5.96 Å². The summed E-state index contributed by atoms with van der Waals surface area (Å²) in [6.07, 6.45) is 3.73. The number of guanidine groups is 1. The van der Waals surface area contributed by atoms with Crippen LogP contribution in [0.2, 0.25) is 0 Å². The van der Waals surface area contributed by atoms with Gasteiger partial charge in [-0.2, -0.15) is 5.10 Å². The molecule has 0 unspecified atom stereocenters. The molecule has 0 aliphatic carbocycles. The van der Waals surface area contributed by atoms with Gasteiger partial charge in [0.05, 0.1) is 5.69 Å². The summed E-state index contributed by atoms with van der Waals surface area (Å²) >= 11 is 0. The molecule has 0 bridgehead atoms. The van der Waals surface area contributed by atoms with E-state index in [1.165, 1.54) is 5.56 Å². The van der Waals surface area contributed by atoms with Crippen molar-refractivity contribution in [3.63, 3.8) is 0 Å². The number of aliphatic imine (C=N–C) groups is 1. The zero-order valence-electron chi connectivity index (χ0n) is 15.5. The van der Waals surface area contributed by atoms with E-state index >= 15 is 0 Å². The number of hydrogen-bond acceptors (Lipinski definition) is 3. The largest absolute Gasteiger partial charge is 0.356 e. The maximum atomic E-state index is 11.6. The molecule has 0 fully saturated rings. The topological polar surface area (TPSA) is 76.2 Å². The molecule has 0 atom stereocenters. The number of aryl methyl sites for hydroxylation is 3. The summed E-state index contributed by atoms with van der Waals surface area (Å²) < 4.78 is 3.63. The van der Waals surface area contributed by atoms with Crippen molar-refractivity contribution in [2.24, 2.45) is 12.0 Å². The molecule has 2 aromatic heterocycles. The Labute approximate surface area is 148 Å². The third-order valence-corrected chi connectivity index (χ3v) is 4.33. The molecule has 25 heavy (non-hydrogen) atoms. The lowest BCUT2D eigenvalue weighted by atomic mass is 10.2. The van der Waals surface area contributed by atoms with Gasteiger partial charge in [-0.25, -0.2) is 0 Å². The molecule has 7 nitrogen and oxygen atoms in total. The molecule has 0 aliphatic heterocycles. The Morgan fingerprint density at radius 2 is 2.04 bits per heavy atom. The Hall–Kier alpha value is -2.57. The van der Waals surface area contributed by atoms with Gasteiger partial charge in [0.25, 0.3) is 0 Å². The Bertz CT molecular complexity index is 774. The first-order valence-electron chi connectivity index (χ1n) is 8.62. The summed E-state index contributed by atoms with van der Waals surface area (Å²) in [5.41, 5.74) is 3.45. The number of unbranched alkanes of at least 4 members (excludes halogenated alkanes) is 1. The van der Waals surface area contributed by atoms with Crippen molar-refractivity contribution in [3.05, 3.63) is 51.7 Å². The second-order valence-corrected chi connectivity index (χ2v) is 6.06. The summed E-state index contributed by atoms with van der Waals surface area (Å²) in [6.45, 7) is 6.34. The second kappa shape index (κ2) is 9.05. The van der Waals surface area contributed by atoms with E-state index in [0.717, 1.165) is 43.3 Å². The van der Waals surface area contributed by atoms with Crippen LogP contribution in [-0.4, -0.2) is 33.9 Å². The van der Waals surface area contributed by atoms with Crippen LogP contribution in [0.4, 0.5) is 0 Å². The molecular weight excluding hydrogens is 316 g/mol. The van der Waals surface area contributed by atoms with E-state index < -0.39 is 0 Å². The van der Waals surface area contributed by atoms with Crippen molar-refractivity contribution < 1.29 is 0 Å². The quantitative estimate of drug-likeness (QED) is 0.451. The Balaban J connectivity index is 1.72. The summed E-state index contributed by atoms with van der Waals surface area (Å²) in [5.74, 6) is 0.777. The molecule has 136 valence electrons. The normalized spacial score (nSPS) is 11.6. The Morgan fingerprint density at radius 3 is 2.68 bits per heavy atom. The molecule has 0 aromatic carbocycles. The van der Waals surface area contributed by atoms with Gasteiger partial charge < -0.3 is 15.2 Å². The van der Waals surface area contributed by atoms with Crippen LogP contribution in [0, 0.1) is 13.8 Å². The molecule has 7 heteroatoms. The fraction of sp³-hybridized carbons (Fsp3) is 0.500. The SMILES string of the molecule is CN=C(NCCCCn1ccccc1=O)NCc1c(C)nn(C)c1C. The van der Waals surface area contributed by atoms with E-state index in [-0.39, 0.29) is 5.56 Å². The fourth-order valence-corrected chi connectivity index (χ4v) is 2.73. The predicted octanol–water partition coefficient (Wildman–Crippen LogP) is 1.34. The lowest BCUT2D eigenvalue weighted by Crippen LogP contribution is -2.37. The van der Waals surface area contributed by atoms with Gasteiger partial charge in [-0.1, -0.05) is 6.07 Å². The van der Waals surface area contributed by atoms with Crippen LogP contribution >= 0.6 is 0 Å². The van der Waals surface area contributed by atoms with Crippen LogP contribution in [-0.2, 0) is 20.1 Å². The van der Waals surface area contributed by atoms with Crippen molar-refractivity contribution >= 4 is 5.96 Å². The highest BCUT2D eigenvalue weighted by molar-refractivity contribution is 5.79. The van der Waals surface area contributed by atoms with E-state index in [0.29, 0.717) is 6.54 Å². The van der Waals surface area contributed by atoms with E-state index in [4.69, 9.17) is 0 Å². The van der Waals surface area contributed by atoms with Gasteiger partial charge >= 0.3 is 0 Å². The number of hydrogen-bond donors (Lipinski definition) is 2. The van der Waals surface area contributed by atoms with Crippen molar-refractivity contribution in [3.8, 4) is 0 Å². The molecule has 0 spiro atoms. The van der Waals surface area contributed by atoms with Crippen LogP contribution < -0.4 is 16.2 Å². The lowest BCUT2D eigenvalue weighted by Gasteiger charge is -2.12. The molecule has 2 N–H and O–H groups in total. The molecule has 0 aliphatic rings. The van der Waals surface area contributed by atoms with Gasteiger partial charge in [0.2, 0.25) is 5.56 Å². The smallest absolute Gasteiger partial charge is 0.250 e. The molecular formula is C18H28N6O. The van der Waals surface area contributed by atoms with Gasteiger partial charge in [-0.05, 0) is 32.8 Å². The molecule has 0 saturated carbocycles. The Kier molecular flexibility index (Phi) is 6.80. The second-order valence-electron chi connectivity index (χ2n) is 6.06. The standard InChI is InChI=1S/C18H28N6O/c1-14-16(15(2)23(4)22-14)13-21-18(19-3)20-10-6-8-12-24-11-7-5-9-17(24)25/h5,7,9,11H,6,8,10,12-13H2,1-4H3,(H2,19,20,21). The molecule has 0 saturated heterocycles. The summed E-state index contributed by atoms with van der Waals surface area (Å²) in [7, 11) is 3.72. The third kappa shape index (κ3) is 5.20. The lowest BCUT2D eigenvalue weighted by molar-refractivity contribution is 0.585. The number of pyridine rings is 1. The minimum absolute atomic E-state index is 0.0511. The minimum Gasteiger partial charge on any atom is -0.356 e. The highest BCUT2D eigenvalue weighted by Gasteiger charge is 2.09. The van der Waals surface area contributed by atoms with Gasteiger partial charge in [0, 0.05) is 57.3 Å². The highest BCUT2D eigenvalue weighted by Crippen LogP contribution is 2.10. The van der Waals surface area contributed by atoms with E-state index in [9.17, 15) is 4.79 Å². The number of aromatic nitrogens is 3.